The zero-order valence-electron chi connectivity index (χ0n) is 14.1. The molecule has 1 aliphatic heterocycles. The first-order valence-corrected chi connectivity index (χ1v) is 21.2. The van der Waals surface area contributed by atoms with E-state index in [-0.39, 0.29) is 4.90 Å². The first-order chi connectivity index (χ1) is 13.1. The average molecular weight is 519 g/mol. The fourth-order valence-electron chi connectivity index (χ4n) is 2.77. The van der Waals surface area contributed by atoms with Crippen molar-refractivity contribution in [3.05, 3.63) is 91.0 Å². The molecule has 1 saturated heterocycles. The third-order valence-electron chi connectivity index (χ3n) is 4.08. The summed E-state index contributed by atoms with van der Waals surface area (Å²) >= 11 is -2.96. The van der Waals surface area contributed by atoms with Gasteiger partial charge in [-0.3, -0.25) is 0 Å². The van der Waals surface area contributed by atoms with Gasteiger partial charge in [-0.2, -0.15) is 0 Å². The maximum atomic E-state index is 12.4. The van der Waals surface area contributed by atoms with Crippen LogP contribution in [0.4, 0.5) is 0 Å². The molecule has 0 unspecified atom stereocenters. The summed E-state index contributed by atoms with van der Waals surface area (Å²) in [4.78, 5) is 2.58. The summed E-state index contributed by atoms with van der Waals surface area (Å²) in [7, 11) is -0.121. The minimum atomic E-state index is -3.64. The van der Waals surface area contributed by atoms with Crippen LogP contribution in [0.1, 0.15) is 0 Å². The Morgan fingerprint density at radius 2 is 1.15 bits per heavy atom. The van der Waals surface area contributed by atoms with E-state index in [0.29, 0.717) is 0 Å². The summed E-state index contributed by atoms with van der Waals surface area (Å²) in [5.74, 6) is 0. The average Bonchev–Trinajstić information content (AvgIpc) is 2.69. The summed E-state index contributed by atoms with van der Waals surface area (Å²) in [5.41, 5.74) is 0. The van der Waals surface area contributed by atoms with Crippen LogP contribution in [0.25, 0.3) is 0 Å². The van der Waals surface area contributed by atoms with E-state index < -0.39 is 25.6 Å². The van der Waals surface area contributed by atoms with Gasteiger partial charge in [0.05, 0.1) is 0 Å². The van der Waals surface area contributed by atoms with Gasteiger partial charge in [0.2, 0.25) is 0 Å². The fourth-order valence-corrected chi connectivity index (χ4v) is 28.8. The van der Waals surface area contributed by atoms with Gasteiger partial charge in [-0.15, -0.1) is 0 Å². The number of rotatable bonds is 5. The number of hydrogen-bond acceptors (Lipinski definition) is 5. The van der Waals surface area contributed by atoms with Crippen molar-refractivity contribution < 1.29 is 8.42 Å². The number of hydrazone groups is 1. The van der Waals surface area contributed by atoms with E-state index >= 15 is 0 Å². The van der Waals surface area contributed by atoms with E-state index in [1.807, 2.05) is 12.1 Å². The van der Waals surface area contributed by atoms with Crippen LogP contribution in [0.2, 0.25) is 0 Å². The molecule has 0 saturated carbocycles. The van der Waals surface area contributed by atoms with Gasteiger partial charge in [0.1, 0.15) is 0 Å². The molecule has 3 aromatic rings. The number of sulfonamides is 1. The Morgan fingerprint density at radius 3 is 1.63 bits per heavy atom. The zero-order valence-corrected chi connectivity index (χ0v) is 19.5. The van der Waals surface area contributed by atoms with Crippen LogP contribution in [0.3, 0.4) is 0 Å². The third-order valence-corrected chi connectivity index (χ3v) is 33.6. The number of benzene rings is 3. The van der Waals surface area contributed by atoms with E-state index in [2.05, 4.69) is 58.5 Å². The van der Waals surface area contributed by atoms with Crippen LogP contribution in [-0.4, -0.2) is 28.4 Å². The van der Waals surface area contributed by atoms with Gasteiger partial charge in [0.15, 0.2) is 0 Å². The number of nitrogens with one attached hydrogen (secondary N) is 1. The molecule has 0 amide bonds. The molecule has 0 radical (unpaired) electrons. The summed E-state index contributed by atoms with van der Waals surface area (Å²) in [6.07, 6.45) is 0. The molecule has 4 nitrogen and oxygen atoms in total. The SMILES string of the molecule is O=S(=O)(NN=C1[S][Sn]([c]2ccccc2)([c]2ccccc2)[S]1)c1ccccc1. The van der Waals surface area contributed by atoms with Crippen LogP contribution < -0.4 is 12.0 Å². The van der Waals surface area contributed by atoms with Crippen molar-refractivity contribution in [1.29, 1.82) is 0 Å². The van der Waals surface area contributed by atoms with Crippen molar-refractivity contribution in [3.8, 4) is 0 Å². The van der Waals surface area contributed by atoms with Crippen molar-refractivity contribution in [2.75, 3.05) is 0 Å². The first kappa shape index (κ1) is 18.9. The normalized spacial score (nSPS) is 15.6. The molecule has 1 aliphatic rings. The molecular formula is C19H16N2O2S3Sn. The van der Waals surface area contributed by atoms with E-state index in [0.717, 1.165) is 4.38 Å². The zero-order chi connectivity index (χ0) is 18.7. The van der Waals surface area contributed by atoms with Crippen LogP contribution in [0.5, 0.6) is 0 Å². The van der Waals surface area contributed by atoms with Gasteiger partial charge in [0.25, 0.3) is 0 Å². The molecule has 1 N–H and O–H groups in total. The minimum absolute atomic E-state index is 0.213. The van der Waals surface area contributed by atoms with Gasteiger partial charge in [-0.25, -0.2) is 0 Å². The Morgan fingerprint density at radius 1 is 0.704 bits per heavy atom. The second kappa shape index (κ2) is 7.90. The second-order valence-corrected chi connectivity index (χ2v) is 29.2. The molecule has 136 valence electrons. The topological polar surface area (TPSA) is 58.5 Å². The Bertz CT molecular complexity index is 1010. The summed E-state index contributed by atoms with van der Waals surface area (Å²) < 4.78 is 28.2. The van der Waals surface area contributed by atoms with Crippen molar-refractivity contribution >= 4 is 55.1 Å². The second-order valence-electron chi connectivity index (χ2n) is 5.84. The molecule has 0 aliphatic carbocycles. The summed E-state index contributed by atoms with van der Waals surface area (Å²) in [6.45, 7) is 0. The molecular weight excluding hydrogens is 503 g/mol. The van der Waals surface area contributed by atoms with Gasteiger partial charge >= 0.3 is 169 Å². The van der Waals surface area contributed by atoms with Crippen molar-refractivity contribution in [1.82, 2.24) is 4.83 Å². The standard InChI is InChI=1S/C7H8N2O2S3.2C6H5.Sn/c10-14(11,9-8-7(12)13)6-4-2-1-3-5-6;2*1-2-4-6-5-3-1;/h1-5,9H,(H2,8,12,13);2*1-5H;/q;;;+2/p-2. The molecule has 8 heteroatoms. The molecule has 0 bridgehead atoms. The summed E-state index contributed by atoms with van der Waals surface area (Å²) in [6, 6.07) is 29.3. The van der Waals surface area contributed by atoms with Gasteiger partial charge in [0, 0.05) is 0 Å². The third kappa shape index (κ3) is 3.91. The molecule has 1 fully saturated rings. The maximum absolute atomic E-state index is 12.4. The Hall–Kier alpha value is -1.42. The monoisotopic (exact) mass is 520 g/mol. The van der Waals surface area contributed by atoms with Crippen molar-refractivity contribution in [2.45, 2.75) is 4.90 Å². The Labute approximate surface area is 168 Å². The van der Waals surface area contributed by atoms with Crippen LogP contribution in [-0.2, 0) is 10.0 Å². The molecule has 0 spiro atoms. The Kier molecular flexibility index (Phi) is 5.54. The van der Waals surface area contributed by atoms with E-state index in [1.165, 1.54) is 7.16 Å². The first-order valence-electron chi connectivity index (χ1n) is 8.24. The number of hydrogen-bond donors (Lipinski definition) is 1. The molecule has 4 rings (SSSR count). The molecule has 27 heavy (non-hydrogen) atoms. The molecule has 3 aromatic carbocycles. The van der Waals surface area contributed by atoms with Crippen molar-refractivity contribution in [3.63, 3.8) is 0 Å². The quantitative estimate of drug-likeness (QED) is 0.416. The van der Waals surface area contributed by atoms with Gasteiger partial charge in [-0.05, 0) is 0 Å². The van der Waals surface area contributed by atoms with Gasteiger partial charge in [-0.1, -0.05) is 0 Å². The Balaban J connectivity index is 1.58. The van der Waals surface area contributed by atoms with E-state index in [1.54, 1.807) is 48.2 Å². The van der Waals surface area contributed by atoms with Crippen LogP contribution in [0.15, 0.2) is 101 Å². The number of nitrogens with zero attached hydrogens (tertiary/aromatic N) is 1. The molecule has 1 heterocycles. The van der Waals surface area contributed by atoms with Gasteiger partial charge < -0.3 is 0 Å². The molecule has 0 aromatic heterocycles. The van der Waals surface area contributed by atoms with Crippen LogP contribution >= 0.6 is 17.9 Å². The summed E-state index contributed by atoms with van der Waals surface area (Å²) in [5, 5.41) is 4.18. The van der Waals surface area contributed by atoms with Crippen molar-refractivity contribution in [2.24, 2.45) is 5.10 Å². The predicted octanol–water partition coefficient (Wildman–Crippen LogP) is 2.97. The fraction of sp³-hybridized carbons (Fsp3) is 0. The predicted molar refractivity (Wildman–Crippen MR) is 117 cm³/mol. The molecule has 0 atom stereocenters. The van der Waals surface area contributed by atoms with Crippen LogP contribution in [0, 0.1) is 0 Å². The van der Waals surface area contributed by atoms with E-state index in [4.69, 9.17) is 0 Å². The van der Waals surface area contributed by atoms with E-state index in [9.17, 15) is 8.42 Å².